The number of Topliss-reactive ketones (excluding diaryl/α,β-unsaturated/α-hetero) is 1. The maximum Gasteiger partial charge on any atom is 0.248 e. The van der Waals surface area contributed by atoms with Gasteiger partial charge in [0, 0.05) is 16.8 Å². The van der Waals surface area contributed by atoms with Crippen molar-refractivity contribution < 1.29 is 4.79 Å². The molecule has 0 saturated carbocycles. The molecule has 0 aliphatic carbocycles. The largest absolute Gasteiger partial charge is 0.326 e. The second-order valence-corrected chi connectivity index (χ2v) is 5.62. The Kier molecular flexibility index (Phi) is 3.42. The minimum absolute atomic E-state index is 0.0318. The third-order valence-electron chi connectivity index (χ3n) is 4.11. The Bertz CT molecular complexity index is 915. The van der Waals surface area contributed by atoms with Gasteiger partial charge >= 0.3 is 0 Å². The van der Waals surface area contributed by atoms with Crippen molar-refractivity contribution in [3.05, 3.63) is 83.1 Å². The lowest BCUT2D eigenvalue weighted by atomic mass is 9.90. The van der Waals surface area contributed by atoms with Crippen LogP contribution in [-0.2, 0) is 0 Å². The Labute approximate surface area is 138 Å². The number of tetrazole rings is 1. The van der Waals surface area contributed by atoms with Crippen LogP contribution in [-0.4, -0.2) is 26.0 Å². The van der Waals surface area contributed by atoms with E-state index in [1.807, 2.05) is 67.6 Å². The predicted octanol–water partition coefficient (Wildman–Crippen LogP) is 2.84. The van der Waals surface area contributed by atoms with Gasteiger partial charge in [0.25, 0.3) is 0 Å². The number of ketones is 1. The first kappa shape index (κ1) is 14.3. The van der Waals surface area contributed by atoms with Gasteiger partial charge < -0.3 is 5.32 Å². The summed E-state index contributed by atoms with van der Waals surface area (Å²) in [5, 5.41) is 14.9. The van der Waals surface area contributed by atoms with Crippen molar-refractivity contribution in [3.63, 3.8) is 0 Å². The highest BCUT2D eigenvalue weighted by atomic mass is 16.1. The van der Waals surface area contributed by atoms with E-state index in [4.69, 9.17) is 0 Å². The molecular weight excluding hydrogens is 302 g/mol. The third-order valence-corrected chi connectivity index (χ3v) is 4.11. The molecule has 2 heterocycles. The number of rotatable bonds is 3. The van der Waals surface area contributed by atoms with Gasteiger partial charge in [-0.1, -0.05) is 65.8 Å². The van der Waals surface area contributed by atoms with E-state index < -0.39 is 0 Å². The monoisotopic (exact) mass is 317 g/mol. The number of benzene rings is 2. The molecule has 1 unspecified atom stereocenters. The van der Waals surface area contributed by atoms with Gasteiger partial charge in [0.2, 0.25) is 5.95 Å². The fourth-order valence-corrected chi connectivity index (χ4v) is 2.99. The lowest BCUT2D eigenvalue weighted by Crippen LogP contribution is -2.28. The quantitative estimate of drug-likeness (QED) is 0.752. The van der Waals surface area contributed by atoms with Crippen LogP contribution in [0.1, 0.15) is 28.9 Å². The molecule has 0 amide bonds. The van der Waals surface area contributed by atoms with Crippen molar-refractivity contribution in [2.24, 2.45) is 0 Å². The Balaban J connectivity index is 1.88. The molecule has 1 aliphatic heterocycles. The molecule has 1 N–H and O–H groups in total. The summed E-state index contributed by atoms with van der Waals surface area (Å²) >= 11 is 0. The molecule has 0 fully saturated rings. The Morgan fingerprint density at radius 3 is 2.42 bits per heavy atom. The first-order valence-corrected chi connectivity index (χ1v) is 7.66. The average Bonchev–Trinajstić information content (AvgIpc) is 3.09. The Morgan fingerprint density at radius 1 is 1.04 bits per heavy atom. The van der Waals surface area contributed by atoms with Crippen molar-refractivity contribution >= 4 is 11.7 Å². The summed E-state index contributed by atoms with van der Waals surface area (Å²) < 4.78 is 1.65. The van der Waals surface area contributed by atoms with E-state index >= 15 is 0 Å². The van der Waals surface area contributed by atoms with Gasteiger partial charge in [-0.05, 0) is 22.9 Å². The van der Waals surface area contributed by atoms with Crippen molar-refractivity contribution in [1.82, 2.24) is 20.2 Å². The molecular formula is C18H15N5O. The number of anilines is 1. The second-order valence-electron chi connectivity index (χ2n) is 5.62. The van der Waals surface area contributed by atoms with Gasteiger partial charge in [-0.2, -0.15) is 4.68 Å². The van der Waals surface area contributed by atoms with E-state index in [0.717, 1.165) is 11.3 Å². The molecule has 2 aromatic carbocycles. The first-order chi connectivity index (χ1) is 11.8. The zero-order chi connectivity index (χ0) is 16.5. The highest BCUT2D eigenvalue weighted by Crippen LogP contribution is 2.35. The number of nitrogens with zero attached hydrogens (tertiary/aromatic N) is 4. The Hall–Kier alpha value is -3.28. The lowest BCUT2D eigenvalue weighted by Gasteiger charge is -2.27. The number of fused-ring (bicyclic) bond motifs is 1. The van der Waals surface area contributed by atoms with Crippen molar-refractivity contribution in [1.29, 1.82) is 0 Å². The summed E-state index contributed by atoms with van der Waals surface area (Å²) in [6.07, 6.45) is 0. The van der Waals surface area contributed by atoms with Crippen LogP contribution in [0.4, 0.5) is 5.95 Å². The average molecular weight is 317 g/mol. The molecule has 0 radical (unpaired) electrons. The first-order valence-electron chi connectivity index (χ1n) is 7.66. The molecule has 3 aromatic rings. The predicted molar refractivity (Wildman–Crippen MR) is 89.5 cm³/mol. The molecule has 118 valence electrons. The van der Waals surface area contributed by atoms with Crippen molar-refractivity contribution in [2.75, 3.05) is 5.32 Å². The molecule has 4 rings (SSSR count). The standard InChI is InChI=1S/C18H15N5O/c1-12-15(17(24)14-10-6-3-7-11-14)16(13-8-4-2-5-9-13)23-18(19-12)20-21-22-23/h2-11,16H,1H3,(H,19,20,22). The molecule has 6 heteroatoms. The fourth-order valence-electron chi connectivity index (χ4n) is 2.99. The highest BCUT2D eigenvalue weighted by Gasteiger charge is 2.34. The molecule has 1 atom stereocenters. The molecule has 0 bridgehead atoms. The molecule has 24 heavy (non-hydrogen) atoms. The van der Waals surface area contributed by atoms with Gasteiger partial charge in [0.05, 0.1) is 0 Å². The van der Waals surface area contributed by atoms with Crippen LogP contribution >= 0.6 is 0 Å². The SMILES string of the molecule is CC1=C(C(=O)c2ccccc2)C(c2ccccc2)n2nnnc2N1. The minimum atomic E-state index is -0.356. The number of nitrogens with one attached hydrogen (secondary N) is 1. The van der Waals surface area contributed by atoms with Gasteiger partial charge in [-0.25, -0.2) is 0 Å². The summed E-state index contributed by atoms with van der Waals surface area (Å²) in [6, 6.07) is 18.7. The second kappa shape index (κ2) is 5.73. The van der Waals surface area contributed by atoms with Gasteiger partial charge in [0.1, 0.15) is 6.04 Å². The third kappa shape index (κ3) is 2.28. The number of carbonyl (C=O) groups is 1. The van der Waals surface area contributed by atoms with Crippen LogP contribution in [0.5, 0.6) is 0 Å². The smallest absolute Gasteiger partial charge is 0.248 e. The summed E-state index contributed by atoms with van der Waals surface area (Å²) in [6.45, 7) is 1.88. The van der Waals surface area contributed by atoms with Crippen molar-refractivity contribution in [2.45, 2.75) is 13.0 Å². The summed E-state index contributed by atoms with van der Waals surface area (Å²) in [5.74, 6) is 0.501. The van der Waals surface area contributed by atoms with E-state index in [9.17, 15) is 4.79 Å². The van der Waals surface area contributed by atoms with Crippen LogP contribution in [0.15, 0.2) is 71.9 Å². The molecule has 1 aromatic heterocycles. The maximum absolute atomic E-state index is 13.1. The maximum atomic E-state index is 13.1. The van der Waals surface area contributed by atoms with E-state index in [-0.39, 0.29) is 11.8 Å². The van der Waals surface area contributed by atoms with Crippen LogP contribution in [0.3, 0.4) is 0 Å². The zero-order valence-electron chi connectivity index (χ0n) is 13.0. The van der Waals surface area contributed by atoms with Crippen LogP contribution in [0, 0.1) is 0 Å². The number of hydrogen-bond donors (Lipinski definition) is 1. The van der Waals surface area contributed by atoms with Gasteiger partial charge in [-0.3, -0.25) is 4.79 Å². The van der Waals surface area contributed by atoms with Gasteiger partial charge in [0.15, 0.2) is 5.78 Å². The number of aromatic nitrogens is 4. The zero-order valence-corrected chi connectivity index (χ0v) is 13.0. The van der Waals surface area contributed by atoms with Crippen LogP contribution < -0.4 is 5.32 Å². The molecule has 0 spiro atoms. The fraction of sp³-hybridized carbons (Fsp3) is 0.111. The van der Waals surface area contributed by atoms with E-state index in [2.05, 4.69) is 20.8 Å². The summed E-state index contributed by atoms with van der Waals surface area (Å²) in [5.41, 5.74) is 3.02. The molecule has 0 saturated heterocycles. The number of allylic oxidation sites excluding steroid dienone is 2. The van der Waals surface area contributed by atoms with Crippen LogP contribution in [0.2, 0.25) is 0 Å². The lowest BCUT2D eigenvalue weighted by molar-refractivity contribution is 0.102. The van der Waals surface area contributed by atoms with E-state index in [1.165, 1.54) is 0 Å². The topological polar surface area (TPSA) is 72.7 Å². The minimum Gasteiger partial charge on any atom is -0.326 e. The summed E-state index contributed by atoms with van der Waals surface area (Å²) in [4.78, 5) is 13.1. The normalized spacial score (nSPS) is 16.5. The van der Waals surface area contributed by atoms with E-state index in [1.54, 1.807) is 4.68 Å². The van der Waals surface area contributed by atoms with Gasteiger partial charge in [-0.15, -0.1) is 0 Å². The molecule has 6 nitrogen and oxygen atoms in total. The number of carbonyl (C=O) groups excluding carboxylic acids is 1. The highest BCUT2D eigenvalue weighted by molar-refractivity contribution is 6.10. The van der Waals surface area contributed by atoms with E-state index in [0.29, 0.717) is 17.1 Å². The van der Waals surface area contributed by atoms with Crippen LogP contribution in [0.25, 0.3) is 0 Å². The molecule has 1 aliphatic rings. The number of hydrogen-bond acceptors (Lipinski definition) is 5. The summed E-state index contributed by atoms with van der Waals surface area (Å²) in [7, 11) is 0. The Morgan fingerprint density at radius 2 is 1.71 bits per heavy atom. The van der Waals surface area contributed by atoms with Crippen molar-refractivity contribution in [3.8, 4) is 0 Å².